The quantitative estimate of drug-likeness (QED) is 0.598. The van der Waals surface area contributed by atoms with Crippen LogP contribution in [-0.4, -0.2) is 9.96 Å². The van der Waals surface area contributed by atoms with Gasteiger partial charge in [-0.2, -0.15) is 0 Å². The number of rotatable bonds is 1. The molecular weight excluding hydrogens is 160 g/mol. The molecule has 0 N–H and O–H groups in total. The molecule has 1 rings (SSSR count). The van der Waals surface area contributed by atoms with Crippen LogP contribution in [0.15, 0.2) is 36.1 Å². The molecule has 1 unspecified atom stereocenters. The fraction of sp³-hybridized carbons (Fsp3) is 0.250. The summed E-state index contributed by atoms with van der Waals surface area (Å²) in [6.07, 6.45) is 5.30. The molecule has 2 nitrogen and oxygen atoms in total. The normalized spacial score (nSPS) is 30.8. The van der Waals surface area contributed by atoms with Gasteiger partial charge in [-0.25, -0.2) is 4.21 Å². The van der Waals surface area contributed by atoms with Gasteiger partial charge in [0.25, 0.3) is 0 Å². The summed E-state index contributed by atoms with van der Waals surface area (Å²) in [5, 5.41) is 0. The molecule has 1 atom stereocenters. The third kappa shape index (κ3) is 1.80. The van der Waals surface area contributed by atoms with Crippen LogP contribution in [0, 0.1) is 0 Å². The highest BCUT2D eigenvalue weighted by atomic mass is 32.2. The van der Waals surface area contributed by atoms with Gasteiger partial charge < -0.3 is 4.18 Å². The van der Waals surface area contributed by atoms with Crippen LogP contribution in [-0.2, 0) is 15.3 Å². The Hall–Kier alpha value is -0.830. The van der Waals surface area contributed by atoms with Crippen LogP contribution in [0.3, 0.4) is 0 Å². The van der Waals surface area contributed by atoms with Crippen LogP contribution in [0.2, 0.25) is 0 Å². The maximum Gasteiger partial charge on any atom is 0.211 e. The summed E-state index contributed by atoms with van der Waals surface area (Å²) in [7, 11) is 0. The Labute approximate surface area is 68.9 Å². The van der Waals surface area contributed by atoms with Gasteiger partial charge in [-0.3, -0.25) is 0 Å². The SMILES string of the molecule is C=C/C=C1/CS(=O)O/C1=C/C. The second-order valence-electron chi connectivity index (χ2n) is 2.11. The van der Waals surface area contributed by atoms with Crippen molar-refractivity contribution in [3.63, 3.8) is 0 Å². The molecule has 0 radical (unpaired) electrons. The first-order chi connectivity index (χ1) is 5.27. The summed E-state index contributed by atoms with van der Waals surface area (Å²) in [6.45, 7) is 5.42. The first-order valence-corrected chi connectivity index (χ1v) is 4.57. The Morgan fingerprint density at radius 2 is 2.45 bits per heavy atom. The van der Waals surface area contributed by atoms with Gasteiger partial charge in [-0.15, -0.1) is 0 Å². The molecule has 1 aliphatic rings. The number of allylic oxidation sites excluding steroid dienone is 4. The summed E-state index contributed by atoms with van der Waals surface area (Å²) < 4.78 is 15.9. The molecular formula is C8H10O2S. The molecule has 0 aromatic carbocycles. The van der Waals surface area contributed by atoms with Crippen LogP contribution in [0.1, 0.15) is 6.92 Å². The highest BCUT2D eigenvalue weighted by molar-refractivity contribution is 7.80. The third-order valence-electron chi connectivity index (χ3n) is 1.35. The molecule has 60 valence electrons. The van der Waals surface area contributed by atoms with Gasteiger partial charge in [-0.05, 0) is 13.0 Å². The highest BCUT2D eigenvalue weighted by Gasteiger charge is 2.20. The molecule has 0 saturated carbocycles. The lowest BCUT2D eigenvalue weighted by Crippen LogP contribution is -1.85. The highest BCUT2D eigenvalue weighted by Crippen LogP contribution is 2.22. The first-order valence-electron chi connectivity index (χ1n) is 3.33. The van der Waals surface area contributed by atoms with E-state index in [1.54, 1.807) is 12.2 Å². The molecule has 3 heteroatoms. The predicted molar refractivity (Wildman–Crippen MR) is 46.1 cm³/mol. The van der Waals surface area contributed by atoms with E-state index in [0.29, 0.717) is 11.5 Å². The Morgan fingerprint density at radius 1 is 1.73 bits per heavy atom. The maximum absolute atomic E-state index is 10.9. The minimum Gasteiger partial charge on any atom is -0.400 e. The van der Waals surface area contributed by atoms with Gasteiger partial charge in [0.15, 0.2) is 0 Å². The zero-order valence-corrected chi connectivity index (χ0v) is 7.19. The van der Waals surface area contributed by atoms with E-state index in [0.717, 1.165) is 5.57 Å². The van der Waals surface area contributed by atoms with E-state index in [1.807, 2.05) is 13.0 Å². The van der Waals surface area contributed by atoms with Crippen LogP contribution in [0.25, 0.3) is 0 Å². The molecule has 1 fully saturated rings. The zero-order chi connectivity index (χ0) is 8.27. The molecule has 11 heavy (non-hydrogen) atoms. The summed E-state index contributed by atoms with van der Waals surface area (Å²) >= 11 is -1.17. The second-order valence-corrected chi connectivity index (χ2v) is 3.17. The topological polar surface area (TPSA) is 26.3 Å². The van der Waals surface area contributed by atoms with Crippen LogP contribution in [0.5, 0.6) is 0 Å². The third-order valence-corrected chi connectivity index (χ3v) is 2.27. The van der Waals surface area contributed by atoms with Crippen molar-refractivity contribution in [1.29, 1.82) is 0 Å². The predicted octanol–water partition coefficient (Wildman–Crippen LogP) is 1.70. The van der Waals surface area contributed by atoms with E-state index in [4.69, 9.17) is 4.18 Å². The van der Waals surface area contributed by atoms with Gasteiger partial charge in [0.05, 0.1) is 5.75 Å². The monoisotopic (exact) mass is 170 g/mol. The molecule has 1 aliphatic heterocycles. The first kappa shape index (κ1) is 8.27. The number of hydrogen-bond donors (Lipinski definition) is 0. The Balaban J connectivity index is 2.89. The summed E-state index contributed by atoms with van der Waals surface area (Å²) in [5.41, 5.74) is 0.959. The van der Waals surface area contributed by atoms with Gasteiger partial charge in [0.2, 0.25) is 11.1 Å². The maximum atomic E-state index is 10.9. The van der Waals surface area contributed by atoms with E-state index in [9.17, 15) is 4.21 Å². The van der Waals surface area contributed by atoms with Crippen molar-refractivity contribution < 1.29 is 8.39 Å². The fourth-order valence-electron chi connectivity index (χ4n) is 0.887. The van der Waals surface area contributed by atoms with Crippen LogP contribution in [0.4, 0.5) is 0 Å². The van der Waals surface area contributed by atoms with E-state index in [1.165, 1.54) is 0 Å². The molecule has 0 aromatic heterocycles. The van der Waals surface area contributed by atoms with Crippen LogP contribution < -0.4 is 0 Å². The smallest absolute Gasteiger partial charge is 0.211 e. The molecule has 0 aliphatic carbocycles. The summed E-state index contributed by atoms with van der Waals surface area (Å²) in [6, 6.07) is 0. The van der Waals surface area contributed by atoms with Gasteiger partial charge in [0, 0.05) is 5.57 Å². The lowest BCUT2D eigenvalue weighted by Gasteiger charge is -1.92. The molecule has 1 heterocycles. The zero-order valence-electron chi connectivity index (χ0n) is 6.37. The average molecular weight is 170 g/mol. The molecule has 1 saturated heterocycles. The van der Waals surface area contributed by atoms with Crippen molar-refractivity contribution in [3.05, 3.63) is 36.1 Å². The van der Waals surface area contributed by atoms with E-state index in [-0.39, 0.29) is 0 Å². The van der Waals surface area contributed by atoms with E-state index in [2.05, 4.69) is 6.58 Å². The van der Waals surface area contributed by atoms with Crippen molar-refractivity contribution in [1.82, 2.24) is 0 Å². The number of hydrogen-bond acceptors (Lipinski definition) is 2. The van der Waals surface area contributed by atoms with E-state index >= 15 is 0 Å². The van der Waals surface area contributed by atoms with Crippen LogP contribution >= 0.6 is 0 Å². The minimum atomic E-state index is -1.17. The Kier molecular flexibility index (Phi) is 2.65. The van der Waals surface area contributed by atoms with Crippen molar-refractivity contribution in [2.45, 2.75) is 6.92 Å². The summed E-state index contributed by atoms with van der Waals surface area (Å²) in [4.78, 5) is 0. The van der Waals surface area contributed by atoms with E-state index < -0.39 is 11.1 Å². The molecule has 0 aromatic rings. The fourth-order valence-corrected chi connectivity index (χ4v) is 1.84. The summed E-state index contributed by atoms with van der Waals surface area (Å²) in [5.74, 6) is 1.19. The van der Waals surface area contributed by atoms with Gasteiger partial charge in [-0.1, -0.05) is 18.7 Å². The second kappa shape index (κ2) is 3.53. The molecule has 0 amide bonds. The molecule has 0 bridgehead atoms. The lowest BCUT2D eigenvalue weighted by molar-refractivity contribution is 0.487. The van der Waals surface area contributed by atoms with Gasteiger partial charge >= 0.3 is 0 Å². The Bertz CT molecular complexity index is 251. The largest absolute Gasteiger partial charge is 0.400 e. The molecule has 0 spiro atoms. The van der Waals surface area contributed by atoms with Crippen molar-refractivity contribution in [2.24, 2.45) is 0 Å². The van der Waals surface area contributed by atoms with Crippen molar-refractivity contribution in [3.8, 4) is 0 Å². The van der Waals surface area contributed by atoms with Crippen molar-refractivity contribution in [2.75, 3.05) is 5.75 Å². The Morgan fingerprint density at radius 3 is 3.00 bits per heavy atom. The average Bonchev–Trinajstić information content (AvgIpc) is 2.32. The van der Waals surface area contributed by atoms with Gasteiger partial charge in [0.1, 0.15) is 5.76 Å². The minimum absolute atomic E-state index is 0.478. The standard InChI is InChI=1S/C8H10O2S/c1-3-5-7-6-11(9)10-8(7)4-2/h3-5H,1,6H2,2H3/b7-5-,8-4+. The van der Waals surface area contributed by atoms with Crippen molar-refractivity contribution >= 4 is 11.1 Å². The lowest BCUT2D eigenvalue weighted by atomic mass is 10.2.